The molecule has 0 saturated carbocycles. The van der Waals surface area contributed by atoms with Gasteiger partial charge < -0.3 is 0 Å². The summed E-state index contributed by atoms with van der Waals surface area (Å²) in [6.07, 6.45) is 1.59. The molecule has 1 heterocycles. The van der Waals surface area contributed by atoms with E-state index in [-0.39, 0.29) is 5.56 Å². The first-order valence-corrected chi connectivity index (χ1v) is 7.70. The van der Waals surface area contributed by atoms with Gasteiger partial charge >= 0.3 is 0 Å². The van der Waals surface area contributed by atoms with Crippen LogP contribution in [-0.4, -0.2) is 15.9 Å². The van der Waals surface area contributed by atoms with E-state index in [1.807, 2.05) is 18.2 Å². The average Bonchev–Trinajstić information content (AvgIpc) is 2.48. The van der Waals surface area contributed by atoms with E-state index in [4.69, 9.17) is 11.6 Å². The highest BCUT2D eigenvalue weighted by molar-refractivity contribution is 9.10. The Morgan fingerprint density at radius 1 is 1.27 bits per heavy atom. The van der Waals surface area contributed by atoms with E-state index in [1.165, 1.54) is 4.68 Å². The summed E-state index contributed by atoms with van der Waals surface area (Å²) in [6, 6.07) is 12.7. The Balaban J connectivity index is 2.12. The molecule has 1 aromatic heterocycles. The standard InChI is InChI=1S/C16H11BrClN3O/c1-10-20-15-6-5-12(17)8-14(15)16(22)21(10)19-9-11-3-2-4-13(18)7-11/h2-9H,1H3. The van der Waals surface area contributed by atoms with Gasteiger partial charge in [-0.25, -0.2) is 4.98 Å². The van der Waals surface area contributed by atoms with Gasteiger partial charge in [0.2, 0.25) is 0 Å². The van der Waals surface area contributed by atoms with Crippen LogP contribution in [0, 0.1) is 6.92 Å². The summed E-state index contributed by atoms with van der Waals surface area (Å²) in [5, 5.41) is 5.38. The molecule has 4 nitrogen and oxygen atoms in total. The third-order valence-electron chi connectivity index (χ3n) is 3.14. The maximum atomic E-state index is 12.6. The molecule has 0 saturated heterocycles. The zero-order chi connectivity index (χ0) is 15.7. The lowest BCUT2D eigenvalue weighted by molar-refractivity contribution is 0.771. The molecule has 3 aromatic rings. The number of benzene rings is 2. The Morgan fingerprint density at radius 3 is 2.86 bits per heavy atom. The van der Waals surface area contributed by atoms with Crippen molar-refractivity contribution in [2.75, 3.05) is 0 Å². The van der Waals surface area contributed by atoms with Crippen molar-refractivity contribution in [3.63, 3.8) is 0 Å². The highest BCUT2D eigenvalue weighted by atomic mass is 79.9. The fourth-order valence-electron chi connectivity index (χ4n) is 2.11. The second-order valence-electron chi connectivity index (χ2n) is 4.74. The van der Waals surface area contributed by atoms with Crippen molar-refractivity contribution < 1.29 is 0 Å². The summed E-state index contributed by atoms with van der Waals surface area (Å²) in [7, 11) is 0. The van der Waals surface area contributed by atoms with E-state index in [0.29, 0.717) is 21.7 Å². The van der Waals surface area contributed by atoms with Gasteiger partial charge in [0.1, 0.15) is 5.82 Å². The number of fused-ring (bicyclic) bond motifs is 1. The second-order valence-corrected chi connectivity index (χ2v) is 6.09. The predicted octanol–water partition coefficient (Wildman–Crippen LogP) is 4.00. The van der Waals surface area contributed by atoms with Crippen LogP contribution in [-0.2, 0) is 0 Å². The number of rotatable bonds is 2. The molecule has 0 radical (unpaired) electrons. The van der Waals surface area contributed by atoms with Gasteiger partial charge in [-0.3, -0.25) is 4.79 Å². The van der Waals surface area contributed by atoms with Crippen molar-refractivity contribution in [1.82, 2.24) is 9.66 Å². The van der Waals surface area contributed by atoms with E-state index in [2.05, 4.69) is 26.0 Å². The fraction of sp³-hybridized carbons (Fsp3) is 0.0625. The Bertz CT molecular complexity index is 950. The summed E-state index contributed by atoms with van der Waals surface area (Å²) >= 11 is 9.30. The Morgan fingerprint density at radius 2 is 2.09 bits per heavy atom. The molecule has 3 rings (SSSR count). The van der Waals surface area contributed by atoms with Crippen LogP contribution in [0.1, 0.15) is 11.4 Å². The number of hydrogen-bond acceptors (Lipinski definition) is 3. The quantitative estimate of drug-likeness (QED) is 0.635. The fourth-order valence-corrected chi connectivity index (χ4v) is 2.67. The van der Waals surface area contributed by atoms with E-state index < -0.39 is 0 Å². The molecule has 110 valence electrons. The Kier molecular flexibility index (Phi) is 4.09. The maximum absolute atomic E-state index is 12.6. The molecule has 0 spiro atoms. The molecule has 0 aliphatic rings. The van der Waals surface area contributed by atoms with Crippen LogP contribution in [0.3, 0.4) is 0 Å². The predicted molar refractivity (Wildman–Crippen MR) is 92.9 cm³/mol. The van der Waals surface area contributed by atoms with Gasteiger partial charge in [-0.15, -0.1) is 0 Å². The van der Waals surface area contributed by atoms with Crippen LogP contribution in [0.4, 0.5) is 0 Å². The average molecular weight is 377 g/mol. The van der Waals surface area contributed by atoms with Gasteiger partial charge in [0.05, 0.1) is 17.1 Å². The summed E-state index contributed by atoms with van der Waals surface area (Å²) < 4.78 is 2.11. The molecule has 22 heavy (non-hydrogen) atoms. The van der Waals surface area contributed by atoms with Gasteiger partial charge in [0.15, 0.2) is 0 Å². The number of halogens is 2. The minimum Gasteiger partial charge on any atom is -0.267 e. The zero-order valence-electron chi connectivity index (χ0n) is 11.6. The Labute approximate surface area is 140 Å². The second kappa shape index (κ2) is 6.02. The van der Waals surface area contributed by atoms with Gasteiger partial charge in [0.25, 0.3) is 5.56 Å². The Hall–Kier alpha value is -1.98. The molecule has 0 unspecified atom stereocenters. The van der Waals surface area contributed by atoms with Crippen LogP contribution in [0.25, 0.3) is 10.9 Å². The third kappa shape index (κ3) is 2.96. The van der Waals surface area contributed by atoms with Gasteiger partial charge in [-0.1, -0.05) is 39.7 Å². The van der Waals surface area contributed by atoms with E-state index in [9.17, 15) is 4.79 Å². The van der Waals surface area contributed by atoms with Crippen LogP contribution in [0.5, 0.6) is 0 Å². The van der Waals surface area contributed by atoms with Gasteiger partial charge in [-0.05, 0) is 42.8 Å². The minimum absolute atomic E-state index is 0.206. The van der Waals surface area contributed by atoms with E-state index in [1.54, 1.807) is 37.4 Å². The maximum Gasteiger partial charge on any atom is 0.282 e. The third-order valence-corrected chi connectivity index (χ3v) is 3.87. The molecular weight excluding hydrogens is 366 g/mol. The highest BCUT2D eigenvalue weighted by Crippen LogP contribution is 2.16. The molecule has 6 heteroatoms. The minimum atomic E-state index is -0.206. The molecule has 0 fully saturated rings. The molecule has 2 aromatic carbocycles. The molecule has 0 amide bonds. The zero-order valence-corrected chi connectivity index (χ0v) is 14.0. The molecule has 0 aliphatic carbocycles. The van der Waals surface area contributed by atoms with Crippen LogP contribution in [0.15, 0.2) is 56.8 Å². The van der Waals surface area contributed by atoms with Gasteiger partial charge in [0, 0.05) is 9.50 Å². The smallest absolute Gasteiger partial charge is 0.267 e. The van der Waals surface area contributed by atoms with Crippen molar-refractivity contribution in [3.05, 3.63) is 73.7 Å². The molecule has 0 atom stereocenters. The van der Waals surface area contributed by atoms with Crippen LogP contribution < -0.4 is 5.56 Å². The number of hydrogen-bond donors (Lipinski definition) is 0. The first-order chi connectivity index (χ1) is 10.5. The number of nitrogens with zero attached hydrogens (tertiary/aromatic N) is 3. The highest BCUT2D eigenvalue weighted by Gasteiger charge is 2.07. The summed E-state index contributed by atoms with van der Waals surface area (Å²) in [4.78, 5) is 17.0. The lowest BCUT2D eigenvalue weighted by Crippen LogP contribution is -2.20. The SMILES string of the molecule is Cc1nc2ccc(Br)cc2c(=O)n1N=Cc1cccc(Cl)c1. The van der Waals surface area contributed by atoms with Crippen molar-refractivity contribution in [1.29, 1.82) is 0 Å². The van der Waals surface area contributed by atoms with Crippen molar-refractivity contribution in [2.24, 2.45) is 5.10 Å². The first-order valence-electron chi connectivity index (χ1n) is 6.53. The van der Waals surface area contributed by atoms with Crippen molar-refractivity contribution in [2.45, 2.75) is 6.92 Å². The lowest BCUT2D eigenvalue weighted by Gasteiger charge is -2.05. The van der Waals surface area contributed by atoms with Gasteiger partial charge in [-0.2, -0.15) is 9.78 Å². The molecule has 0 bridgehead atoms. The number of aryl methyl sites for hydroxylation is 1. The number of aromatic nitrogens is 2. The molecule has 0 aliphatic heterocycles. The van der Waals surface area contributed by atoms with E-state index in [0.717, 1.165) is 10.0 Å². The van der Waals surface area contributed by atoms with Crippen LogP contribution >= 0.6 is 27.5 Å². The molecule has 0 N–H and O–H groups in total. The largest absolute Gasteiger partial charge is 0.282 e. The van der Waals surface area contributed by atoms with E-state index >= 15 is 0 Å². The lowest BCUT2D eigenvalue weighted by atomic mass is 10.2. The first kappa shape index (κ1) is 14.9. The molecular formula is C16H11BrClN3O. The monoisotopic (exact) mass is 375 g/mol. The normalized spacial score (nSPS) is 11.4. The van der Waals surface area contributed by atoms with Crippen molar-refractivity contribution >= 4 is 44.6 Å². The van der Waals surface area contributed by atoms with Crippen LogP contribution in [0.2, 0.25) is 5.02 Å². The summed E-state index contributed by atoms with van der Waals surface area (Å²) in [5.74, 6) is 0.526. The summed E-state index contributed by atoms with van der Waals surface area (Å²) in [6.45, 7) is 1.75. The van der Waals surface area contributed by atoms with Crippen molar-refractivity contribution in [3.8, 4) is 0 Å². The topological polar surface area (TPSA) is 47.2 Å². The summed E-state index contributed by atoms with van der Waals surface area (Å²) in [5.41, 5.74) is 1.26.